The minimum Gasteiger partial charge on any atom is -0.325 e. The molecule has 0 aromatic heterocycles. The zero-order valence-electron chi connectivity index (χ0n) is 7.64. The van der Waals surface area contributed by atoms with Gasteiger partial charge >= 0.3 is 0 Å². The molecule has 2 saturated carbocycles. The highest BCUT2D eigenvalue weighted by atomic mass is 14.8. The first kappa shape index (κ1) is 7.60. The van der Waals surface area contributed by atoms with Crippen molar-refractivity contribution >= 4 is 0 Å². The van der Waals surface area contributed by atoms with E-state index < -0.39 is 0 Å². The zero-order valence-corrected chi connectivity index (χ0v) is 7.64. The Kier molecular flexibility index (Phi) is 1.54. The molecule has 2 rings (SSSR count). The molecule has 0 radical (unpaired) electrons. The van der Waals surface area contributed by atoms with Gasteiger partial charge in [0.15, 0.2) is 0 Å². The van der Waals surface area contributed by atoms with Gasteiger partial charge in [-0.15, -0.1) is 0 Å². The van der Waals surface area contributed by atoms with Gasteiger partial charge in [-0.2, -0.15) is 0 Å². The molecule has 0 amide bonds. The van der Waals surface area contributed by atoms with E-state index in [0.29, 0.717) is 0 Å². The van der Waals surface area contributed by atoms with Crippen LogP contribution in [0.1, 0.15) is 39.5 Å². The standard InChI is InChI=1S/C10H19N/c1-7-3-8-5-10(2,11)6-9(8)4-7/h7-9H,3-6,11H2,1-2H3/t7?,8-,9+,10?. The molecule has 2 aliphatic rings. The second-order valence-corrected chi connectivity index (χ2v) is 5.16. The van der Waals surface area contributed by atoms with E-state index in [-0.39, 0.29) is 5.54 Å². The van der Waals surface area contributed by atoms with Crippen LogP contribution >= 0.6 is 0 Å². The molecule has 0 aliphatic heterocycles. The Hall–Kier alpha value is -0.0400. The highest BCUT2D eigenvalue weighted by molar-refractivity contribution is 4.98. The molecular weight excluding hydrogens is 134 g/mol. The van der Waals surface area contributed by atoms with Crippen LogP contribution in [-0.2, 0) is 0 Å². The monoisotopic (exact) mass is 153 g/mol. The van der Waals surface area contributed by atoms with Gasteiger partial charge in [-0.1, -0.05) is 6.92 Å². The molecule has 0 spiro atoms. The fourth-order valence-corrected chi connectivity index (χ4v) is 3.30. The summed E-state index contributed by atoms with van der Waals surface area (Å²) in [5.41, 5.74) is 6.29. The summed E-state index contributed by atoms with van der Waals surface area (Å²) in [6.45, 7) is 4.60. The second kappa shape index (κ2) is 2.22. The average molecular weight is 153 g/mol. The highest BCUT2D eigenvalue weighted by Crippen LogP contribution is 2.49. The van der Waals surface area contributed by atoms with Crippen molar-refractivity contribution in [2.75, 3.05) is 0 Å². The molecule has 2 N–H and O–H groups in total. The Labute approximate surface area is 69.4 Å². The molecule has 64 valence electrons. The average Bonchev–Trinajstić information content (AvgIpc) is 2.17. The molecule has 1 nitrogen and oxygen atoms in total. The number of hydrogen-bond donors (Lipinski definition) is 1. The van der Waals surface area contributed by atoms with E-state index in [1.807, 2.05) is 0 Å². The quantitative estimate of drug-likeness (QED) is 0.567. The Morgan fingerprint density at radius 2 is 1.64 bits per heavy atom. The van der Waals surface area contributed by atoms with Crippen LogP contribution in [0.25, 0.3) is 0 Å². The summed E-state index contributed by atoms with van der Waals surface area (Å²) in [5, 5.41) is 0. The van der Waals surface area contributed by atoms with Gasteiger partial charge in [-0.25, -0.2) is 0 Å². The maximum absolute atomic E-state index is 6.11. The van der Waals surface area contributed by atoms with E-state index in [1.165, 1.54) is 25.7 Å². The maximum Gasteiger partial charge on any atom is 0.0131 e. The van der Waals surface area contributed by atoms with Crippen molar-refractivity contribution in [2.24, 2.45) is 23.5 Å². The number of hydrogen-bond acceptors (Lipinski definition) is 1. The molecular formula is C10H19N. The van der Waals surface area contributed by atoms with Crippen molar-refractivity contribution < 1.29 is 0 Å². The lowest BCUT2D eigenvalue weighted by Crippen LogP contribution is -2.33. The Morgan fingerprint density at radius 1 is 1.18 bits per heavy atom. The van der Waals surface area contributed by atoms with Crippen LogP contribution in [0.3, 0.4) is 0 Å². The van der Waals surface area contributed by atoms with Crippen LogP contribution in [0.4, 0.5) is 0 Å². The first-order valence-electron chi connectivity index (χ1n) is 4.86. The summed E-state index contributed by atoms with van der Waals surface area (Å²) in [7, 11) is 0. The Morgan fingerprint density at radius 3 is 2.09 bits per heavy atom. The lowest BCUT2D eigenvalue weighted by molar-refractivity contribution is 0.410. The van der Waals surface area contributed by atoms with E-state index in [0.717, 1.165) is 17.8 Å². The van der Waals surface area contributed by atoms with E-state index in [2.05, 4.69) is 13.8 Å². The number of nitrogens with two attached hydrogens (primary N) is 1. The highest BCUT2D eigenvalue weighted by Gasteiger charge is 2.43. The first-order chi connectivity index (χ1) is 5.07. The maximum atomic E-state index is 6.11. The van der Waals surface area contributed by atoms with E-state index in [1.54, 1.807) is 0 Å². The van der Waals surface area contributed by atoms with E-state index in [4.69, 9.17) is 5.73 Å². The molecule has 0 aromatic carbocycles. The Bertz CT molecular complexity index is 146. The lowest BCUT2D eigenvalue weighted by atomic mass is 9.95. The van der Waals surface area contributed by atoms with Crippen molar-refractivity contribution in [3.8, 4) is 0 Å². The number of fused-ring (bicyclic) bond motifs is 1. The minimum absolute atomic E-state index is 0.176. The fraction of sp³-hybridized carbons (Fsp3) is 1.00. The minimum atomic E-state index is 0.176. The fourth-order valence-electron chi connectivity index (χ4n) is 3.30. The predicted molar refractivity (Wildman–Crippen MR) is 47.2 cm³/mol. The van der Waals surface area contributed by atoms with E-state index in [9.17, 15) is 0 Å². The molecule has 4 atom stereocenters. The van der Waals surface area contributed by atoms with Crippen molar-refractivity contribution in [2.45, 2.75) is 45.1 Å². The van der Waals surface area contributed by atoms with Crippen LogP contribution in [0.5, 0.6) is 0 Å². The summed E-state index contributed by atoms with van der Waals surface area (Å²) >= 11 is 0. The first-order valence-corrected chi connectivity index (χ1v) is 4.86. The Balaban J connectivity index is 2.04. The SMILES string of the molecule is CC1C[C@@H]2CC(C)(N)C[C@@H]2C1. The van der Waals surface area contributed by atoms with Crippen molar-refractivity contribution in [3.63, 3.8) is 0 Å². The van der Waals surface area contributed by atoms with Gasteiger partial charge in [-0.3, -0.25) is 0 Å². The zero-order chi connectivity index (χ0) is 8.06. The smallest absolute Gasteiger partial charge is 0.0131 e. The number of rotatable bonds is 0. The van der Waals surface area contributed by atoms with Crippen LogP contribution in [0.15, 0.2) is 0 Å². The third kappa shape index (κ3) is 1.31. The lowest BCUT2D eigenvalue weighted by Gasteiger charge is -2.18. The van der Waals surface area contributed by atoms with Crippen LogP contribution in [0.2, 0.25) is 0 Å². The van der Waals surface area contributed by atoms with Crippen molar-refractivity contribution in [3.05, 3.63) is 0 Å². The molecule has 2 aliphatic carbocycles. The normalized spacial score (nSPS) is 56.5. The van der Waals surface area contributed by atoms with Gasteiger partial charge < -0.3 is 5.73 Å². The van der Waals surface area contributed by atoms with Gasteiger partial charge in [0, 0.05) is 5.54 Å². The summed E-state index contributed by atoms with van der Waals surface area (Å²) in [6.07, 6.45) is 5.44. The van der Waals surface area contributed by atoms with Gasteiger partial charge in [0.1, 0.15) is 0 Å². The van der Waals surface area contributed by atoms with Crippen molar-refractivity contribution in [1.82, 2.24) is 0 Å². The van der Waals surface area contributed by atoms with Gasteiger partial charge in [0.05, 0.1) is 0 Å². The molecule has 0 aromatic rings. The molecule has 1 heteroatoms. The summed E-state index contributed by atoms with van der Waals surface area (Å²) in [5.74, 6) is 2.92. The second-order valence-electron chi connectivity index (χ2n) is 5.16. The molecule has 2 fully saturated rings. The molecule has 0 saturated heterocycles. The van der Waals surface area contributed by atoms with Crippen molar-refractivity contribution in [1.29, 1.82) is 0 Å². The third-order valence-electron chi connectivity index (χ3n) is 3.53. The van der Waals surface area contributed by atoms with Gasteiger partial charge in [0.25, 0.3) is 0 Å². The van der Waals surface area contributed by atoms with Crippen LogP contribution in [0, 0.1) is 17.8 Å². The summed E-state index contributed by atoms with van der Waals surface area (Å²) < 4.78 is 0. The summed E-state index contributed by atoms with van der Waals surface area (Å²) in [4.78, 5) is 0. The molecule has 11 heavy (non-hydrogen) atoms. The van der Waals surface area contributed by atoms with E-state index >= 15 is 0 Å². The summed E-state index contributed by atoms with van der Waals surface area (Å²) in [6, 6.07) is 0. The van der Waals surface area contributed by atoms with Crippen LogP contribution < -0.4 is 5.73 Å². The van der Waals surface area contributed by atoms with Gasteiger partial charge in [0.2, 0.25) is 0 Å². The molecule has 2 unspecified atom stereocenters. The molecule has 0 bridgehead atoms. The topological polar surface area (TPSA) is 26.0 Å². The van der Waals surface area contributed by atoms with Crippen LogP contribution in [-0.4, -0.2) is 5.54 Å². The molecule has 0 heterocycles. The predicted octanol–water partition coefficient (Wildman–Crippen LogP) is 2.16. The third-order valence-corrected chi connectivity index (χ3v) is 3.53. The van der Waals surface area contributed by atoms with Gasteiger partial charge in [-0.05, 0) is 50.4 Å². The largest absolute Gasteiger partial charge is 0.325 e.